The molecule has 5 aromatic rings. The number of sulfone groups is 1. The number of imidazole rings is 1. The Bertz CT molecular complexity index is 1390. The van der Waals surface area contributed by atoms with Gasteiger partial charge in [0.1, 0.15) is 0 Å². The number of hydrogen-bond acceptors (Lipinski definition) is 4. The summed E-state index contributed by atoms with van der Waals surface area (Å²) in [5.74, 6) is 0.346. The standard InChI is InChI=1S/C21H16N4O2S/c26-28(27,15-16-9-3-1-4-10-16)21-23-22-20-24(17-11-5-2-6-12-17)18-13-7-8-14-19(18)25(20)21/h1-14H,15H2. The molecular formula is C21H16N4O2S. The van der Waals surface area contributed by atoms with Crippen molar-refractivity contribution in [1.82, 2.24) is 19.2 Å². The normalized spacial score (nSPS) is 12.0. The van der Waals surface area contributed by atoms with Gasteiger partial charge in [0.25, 0.3) is 5.16 Å². The van der Waals surface area contributed by atoms with Gasteiger partial charge in [0, 0.05) is 5.69 Å². The molecule has 2 heterocycles. The monoisotopic (exact) mass is 388 g/mol. The Morgan fingerprint density at radius 2 is 1.32 bits per heavy atom. The van der Waals surface area contributed by atoms with Crippen LogP contribution >= 0.6 is 0 Å². The summed E-state index contributed by atoms with van der Waals surface area (Å²) in [4.78, 5) is 0. The van der Waals surface area contributed by atoms with Gasteiger partial charge in [-0.15, -0.1) is 10.2 Å². The van der Waals surface area contributed by atoms with Crippen LogP contribution in [0.4, 0.5) is 0 Å². The molecule has 0 N–H and O–H groups in total. The molecule has 5 rings (SSSR count). The molecule has 2 aromatic heterocycles. The highest BCUT2D eigenvalue weighted by atomic mass is 32.2. The second-order valence-corrected chi connectivity index (χ2v) is 8.41. The van der Waals surface area contributed by atoms with Crippen LogP contribution < -0.4 is 0 Å². The number of para-hydroxylation sites is 3. The summed E-state index contributed by atoms with van der Waals surface area (Å²) in [6.07, 6.45) is 0. The molecule has 0 saturated carbocycles. The van der Waals surface area contributed by atoms with Gasteiger partial charge in [-0.2, -0.15) is 0 Å². The lowest BCUT2D eigenvalue weighted by atomic mass is 10.2. The van der Waals surface area contributed by atoms with E-state index in [2.05, 4.69) is 10.2 Å². The lowest BCUT2D eigenvalue weighted by Gasteiger charge is -2.03. The minimum absolute atomic E-state index is 0.0442. The number of nitrogens with zero attached hydrogens (tertiary/aromatic N) is 4. The SMILES string of the molecule is O=S(=O)(Cc1ccccc1)c1nnc2n(-c3ccccc3)c3ccccc3n12. The van der Waals surface area contributed by atoms with Crippen molar-refractivity contribution < 1.29 is 8.42 Å². The number of aromatic nitrogens is 4. The molecule has 0 amide bonds. The van der Waals surface area contributed by atoms with Crippen molar-refractivity contribution in [2.75, 3.05) is 0 Å². The third-order valence-corrected chi connectivity index (χ3v) is 6.21. The fraction of sp³-hybridized carbons (Fsp3) is 0.0476. The summed E-state index contributed by atoms with van der Waals surface area (Å²) >= 11 is 0. The molecule has 28 heavy (non-hydrogen) atoms. The Hall–Kier alpha value is -3.45. The molecule has 0 saturated heterocycles. The van der Waals surface area contributed by atoms with E-state index in [1.165, 1.54) is 0 Å². The van der Waals surface area contributed by atoms with E-state index in [1.54, 1.807) is 16.5 Å². The van der Waals surface area contributed by atoms with Gasteiger partial charge in [0.15, 0.2) is 0 Å². The molecule has 0 spiro atoms. The zero-order valence-corrected chi connectivity index (χ0v) is 15.6. The third kappa shape index (κ3) is 2.59. The minimum Gasteiger partial charge on any atom is -0.277 e. The van der Waals surface area contributed by atoms with E-state index in [-0.39, 0.29) is 10.9 Å². The van der Waals surface area contributed by atoms with Gasteiger partial charge in [-0.1, -0.05) is 60.7 Å². The van der Waals surface area contributed by atoms with Crippen LogP contribution in [0.15, 0.2) is 90.1 Å². The van der Waals surface area contributed by atoms with Gasteiger partial charge in [0.05, 0.1) is 16.8 Å². The maximum atomic E-state index is 13.1. The van der Waals surface area contributed by atoms with Crippen LogP contribution in [0, 0.1) is 0 Å². The average molecular weight is 388 g/mol. The Labute approximate surface area is 161 Å². The Morgan fingerprint density at radius 1 is 0.714 bits per heavy atom. The molecule has 0 unspecified atom stereocenters. The summed E-state index contributed by atoms with van der Waals surface area (Å²) in [7, 11) is -3.68. The number of rotatable bonds is 4. The number of benzene rings is 3. The van der Waals surface area contributed by atoms with Crippen molar-refractivity contribution in [3.63, 3.8) is 0 Å². The van der Waals surface area contributed by atoms with E-state index in [0.29, 0.717) is 11.3 Å². The first-order chi connectivity index (χ1) is 13.6. The Balaban J connectivity index is 1.77. The molecule has 0 bridgehead atoms. The van der Waals surface area contributed by atoms with E-state index >= 15 is 0 Å². The van der Waals surface area contributed by atoms with Crippen LogP contribution in [0.1, 0.15) is 5.56 Å². The molecule has 6 nitrogen and oxygen atoms in total. The lowest BCUT2D eigenvalue weighted by molar-refractivity contribution is 0.585. The van der Waals surface area contributed by atoms with Gasteiger partial charge in [0.2, 0.25) is 15.6 Å². The number of hydrogen-bond donors (Lipinski definition) is 0. The van der Waals surface area contributed by atoms with Crippen molar-refractivity contribution in [2.45, 2.75) is 10.9 Å². The van der Waals surface area contributed by atoms with Gasteiger partial charge in [-0.25, -0.2) is 12.8 Å². The Kier molecular flexibility index (Phi) is 3.77. The Morgan fingerprint density at radius 3 is 2.04 bits per heavy atom. The smallest absolute Gasteiger partial charge is 0.256 e. The molecule has 0 aliphatic heterocycles. The lowest BCUT2D eigenvalue weighted by Crippen LogP contribution is -2.09. The van der Waals surface area contributed by atoms with E-state index in [9.17, 15) is 8.42 Å². The van der Waals surface area contributed by atoms with Crippen molar-refractivity contribution in [1.29, 1.82) is 0 Å². The highest BCUT2D eigenvalue weighted by Crippen LogP contribution is 2.27. The van der Waals surface area contributed by atoms with Crippen molar-refractivity contribution in [3.05, 3.63) is 90.5 Å². The maximum Gasteiger partial charge on any atom is 0.256 e. The van der Waals surface area contributed by atoms with E-state index < -0.39 is 9.84 Å². The summed E-state index contributed by atoms with van der Waals surface area (Å²) < 4.78 is 29.8. The van der Waals surface area contributed by atoms with Crippen LogP contribution in [-0.2, 0) is 15.6 Å². The first-order valence-electron chi connectivity index (χ1n) is 8.82. The number of fused-ring (bicyclic) bond motifs is 3. The fourth-order valence-electron chi connectivity index (χ4n) is 3.46. The van der Waals surface area contributed by atoms with Crippen LogP contribution in [0.5, 0.6) is 0 Å². The first-order valence-corrected chi connectivity index (χ1v) is 10.5. The van der Waals surface area contributed by atoms with Crippen LogP contribution in [0.3, 0.4) is 0 Å². The van der Waals surface area contributed by atoms with Crippen LogP contribution in [-0.4, -0.2) is 27.6 Å². The molecule has 0 aliphatic carbocycles. The molecule has 0 radical (unpaired) electrons. The van der Waals surface area contributed by atoms with Gasteiger partial charge in [-0.3, -0.25) is 4.57 Å². The molecule has 0 aliphatic rings. The highest BCUT2D eigenvalue weighted by molar-refractivity contribution is 7.90. The maximum absolute atomic E-state index is 13.1. The zero-order chi connectivity index (χ0) is 19.1. The van der Waals surface area contributed by atoms with Crippen LogP contribution in [0.2, 0.25) is 0 Å². The molecule has 7 heteroatoms. The van der Waals surface area contributed by atoms with Crippen molar-refractivity contribution >= 4 is 26.6 Å². The summed E-state index contributed by atoms with van der Waals surface area (Å²) in [5, 5.41) is 8.26. The zero-order valence-electron chi connectivity index (χ0n) is 14.8. The predicted molar refractivity (Wildman–Crippen MR) is 107 cm³/mol. The molecule has 3 aromatic carbocycles. The summed E-state index contributed by atoms with van der Waals surface area (Å²) in [6, 6.07) is 26.5. The molecular weight excluding hydrogens is 372 g/mol. The van der Waals surface area contributed by atoms with E-state index in [1.807, 2.05) is 77.4 Å². The van der Waals surface area contributed by atoms with E-state index in [4.69, 9.17) is 0 Å². The quantitative estimate of drug-likeness (QED) is 0.471. The third-order valence-electron chi connectivity index (χ3n) is 4.67. The van der Waals surface area contributed by atoms with Crippen molar-refractivity contribution in [2.24, 2.45) is 0 Å². The topological polar surface area (TPSA) is 69.3 Å². The predicted octanol–water partition coefficient (Wildman–Crippen LogP) is 3.65. The molecule has 0 atom stereocenters. The second kappa shape index (κ2) is 6.31. The van der Waals surface area contributed by atoms with Crippen LogP contribution in [0.25, 0.3) is 22.5 Å². The van der Waals surface area contributed by atoms with E-state index in [0.717, 1.165) is 16.7 Å². The fourth-order valence-corrected chi connectivity index (χ4v) is 4.84. The molecule has 138 valence electrons. The first kappa shape index (κ1) is 16.7. The summed E-state index contributed by atoms with van der Waals surface area (Å²) in [5.41, 5.74) is 3.23. The minimum atomic E-state index is -3.68. The molecule has 0 fully saturated rings. The van der Waals surface area contributed by atoms with Gasteiger partial charge in [-0.05, 0) is 29.8 Å². The second-order valence-electron chi connectivity index (χ2n) is 6.52. The largest absolute Gasteiger partial charge is 0.277 e. The average Bonchev–Trinajstić information content (AvgIpc) is 3.28. The van der Waals surface area contributed by atoms with Gasteiger partial charge >= 0.3 is 0 Å². The van der Waals surface area contributed by atoms with Crippen molar-refractivity contribution in [3.8, 4) is 5.69 Å². The van der Waals surface area contributed by atoms with Gasteiger partial charge < -0.3 is 0 Å². The highest BCUT2D eigenvalue weighted by Gasteiger charge is 2.26. The summed E-state index contributed by atoms with van der Waals surface area (Å²) in [6.45, 7) is 0.